The topological polar surface area (TPSA) is 138 Å². The van der Waals surface area contributed by atoms with Gasteiger partial charge in [-0.05, 0) is 37.6 Å². The second-order valence-corrected chi connectivity index (χ2v) is 9.11. The molecule has 0 aromatic rings. The molecule has 0 amide bonds. The van der Waals surface area contributed by atoms with Crippen molar-refractivity contribution < 1.29 is 8.42 Å². The maximum Gasteiger partial charge on any atom is 0.276 e. The van der Waals surface area contributed by atoms with Crippen LogP contribution in [-0.4, -0.2) is 49.9 Å². The average Bonchev–Trinajstić information content (AvgIpc) is 2.85. The van der Waals surface area contributed by atoms with Crippen molar-refractivity contribution >= 4 is 44.8 Å². The zero-order chi connectivity index (χ0) is 18.8. The van der Waals surface area contributed by atoms with E-state index in [0.29, 0.717) is 30.8 Å². The van der Waals surface area contributed by atoms with Crippen LogP contribution in [0.5, 0.6) is 0 Å². The SMILES string of the molecule is CN(C1CC(CN)(CCC=NC2NC=C(Cl)C2C(=N)Cl)C1)S(N)(=O)=O. The van der Waals surface area contributed by atoms with Crippen LogP contribution in [0.25, 0.3) is 0 Å². The molecule has 25 heavy (non-hydrogen) atoms. The van der Waals surface area contributed by atoms with Crippen molar-refractivity contribution in [3.8, 4) is 0 Å². The smallest absolute Gasteiger partial charge is 0.276 e. The first kappa shape index (κ1) is 20.6. The summed E-state index contributed by atoms with van der Waals surface area (Å²) in [5.74, 6) is -0.445. The van der Waals surface area contributed by atoms with Crippen LogP contribution in [0.3, 0.4) is 0 Å². The van der Waals surface area contributed by atoms with Gasteiger partial charge in [-0.1, -0.05) is 23.2 Å². The highest BCUT2D eigenvalue weighted by Crippen LogP contribution is 2.46. The van der Waals surface area contributed by atoms with Gasteiger partial charge in [0.15, 0.2) is 0 Å². The minimum Gasteiger partial charge on any atom is -0.368 e. The van der Waals surface area contributed by atoms with Crippen LogP contribution in [0, 0.1) is 16.7 Å². The Kier molecular flexibility index (Phi) is 6.50. The molecule has 2 aliphatic rings. The van der Waals surface area contributed by atoms with E-state index in [2.05, 4.69) is 10.3 Å². The van der Waals surface area contributed by atoms with Gasteiger partial charge < -0.3 is 11.1 Å². The number of nitrogens with one attached hydrogen (secondary N) is 2. The molecule has 1 fully saturated rings. The highest BCUT2D eigenvalue weighted by molar-refractivity contribution is 7.86. The molecule has 1 saturated carbocycles. The van der Waals surface area contributed by atoms with Gasteiger partial charge in [0.1, 0.15) is 11.3 Å². The van der Waals surface area contributed by atoms with Crippen LogP contribution >= 0.6 is 23.2 Å². The van der Waals surface area contributed by atoms with E-state index >= 15 is 0 Å². The molecule has 2 unspecified atom stereocenters. The normalized spacial score (nSPS) is 32.6. The fourth-order valence-corrected chi connectivity index (χ4v) is 4.48. The van der Waals surface area contributed by atoms with E-state index in [1.807, 2.05) is 0 Å². The van der Waals surface area contributed by atoms with Crippen LogP contribution in [0.2, 0.25) is 0 Å². The molecule has 8 nitrogen and oxygen atoms in total. The van der Waals surface area contributed by atoms with Gasteiger partial charge in [0.05, 0.1) is 5.92 Å². The highest BCUT2D eigenvalue weighted by atomic mass is 35.5. The Bertz CT molecular complexity index is 675. The van der Waals surface area contributed by atoms with E-state index in [1.54, 1.807) is 12.4 Å². The van der Waals surface area contributed by atoms with E-state index in [-0.39, 0.29) is 22.8 Å². The summed E-state index contributed by atoms with van der Waals surface area (Å²) < 4.78 is 24.0. The van der Waals surface area contributed by atoms with Crippen molar-refractivity contribution in [2.24, 2.45) is 27.2 Å². The summed E-state index contributed by atoms with van der Waals surface area (Å²) in [7, 11) is -2.18. The van der Waals surface area contributed by atoms with E-state index < -0.39 is 16.1 Å². The summed E-state index contributed by atoms with van der Waals surface area (Å²) >= 11 is 11.8. The van der Waals surface area contributed by atoms with Gasteiger partial charge in [0.2, 0.25) is 0 Å². The Morgan fingerprint density at radius 2 is 2.24 bits per heavy atom. The zero-order valence-corrected chi connectivity index (χ0v) is 16.3. The van der Waals surface area contributed by atoms with Crippen LogP contribution in [-0.2, 0) is 10.2 Å². The first-order valence-corrected chi connectivity index (χ1v) is 10.2. The molecular weight excluding hydrogens is 387 g/mol. The maximum atomic E-state index is 11.4. The lowest BCUT2D eigenvalue weighted by Gasteiger charge is -2.49. The number of nitrogens with zero attached hydrogens (tertiary/aromatic N) is 2. The van der Waals surface area contributed by atoms with E-state index in [1.165, 1.54) is 11.4 Å². The molecule has 1 aliphatic carbocycles. The predicted molar refractivity (Wildman–Crippen MR) is 101 cm³/mol. The number of rotatable bonds is 8. The molecule has 2 rings (SSSR count). The Labute approximate surface area is 158 Å². The molecular formula is C14H24Cl2N6O2S. The molecule has 142 valence electrons. The predicted octanol–water partition coefficient (Wildman–Crippen LogP) is 0.922. The van der Waals surface area contributed by atoms with Crippen LogP contribution in [0.1, 0.15) is 25.7 Å². The Morgan fingerprint density at radius 3 is 2.76 bits per heavy atom. The summed E-state index contributed by atoms with van der Waals surface area (Å²) in [6.07, 6.45) is 5.89. The molecule has 0 aromatic heterocycles. The third-order valence-corrected chi connectivity index (χ3v) is 6.71. The lowest BCUT2D eigenvalue weighted by Crippen LogP contribution is -2.55. The van der Waals surface area contributed by atoms with Crippen LogP contribution in [0.4, 0.5) is 0 Å². The van der Waals surface area contributed by atoms with Gasteiger partial charge in [0.25, 0.3) is 10.2 Å². The Balaban J connectivity index is 1.84. The summed E-state index contributed by atoms with van der Waals surface area (Å²) in [5.41, 5.74) is 5.81. The van der Waals surface area contributed by atoms with Crippen molar-refractivity contribution in [1.82, 2.24) is 9.62 Å². The molecule has 1 aliphatic heterocycles. The second-order valence-electron chi connectivity index (χ2n) is 6.66. The number of hydrogen-bond acceptors (Lipinski definition) is 6. The lowest BCUT2D eigenvalue weighted by molar-refractivity contribution is 0.0505. The van der Waals surface area contributed by atoms with Gasteiger partial charge in [-0.25, -0.2) is 5.14 Å². The zero-order valence-electron chi connectivity index (χ0n) is 14.0. The maximum absolute atomic E-state index is 11.4. The number of halogens is 2. The van der Waals surface area contributed by atoms with E-state index in [4.69, 9.17) is 39.5 Å². The van der Waals surface area contributed by atoms with E-state index in [9.17, 15) is 8.42 Å². The third-order valence-electron chi connectivity index (χ3n) is 5.03. The Morgan fingerprint density at radius 1 is 1.60 bits per heavy atom. The molecule has 0 spiro atoms. The van der Waals surface area contributed by atoms with E-state index in [0.717, 1.165) is 6.42 Å². The minimum absolute atomic E-state index is 0.0558. The first-order valence-electron chi connectivity index (χ1n) is 7.93. The first-order chi connectivity index (χ1) is 11.6. The van der Waals surface area contributed by atoms with Crippen molar-refractivity contribution in [2.45, 2.75) is 37.9 Å². The molecule has 2 atom stereocenters. The van der Waals surface area contributed by atoms with Gasteiger partial charge in [-0.15, -0.1) is 0 Å². The summed E-state index contributed by atoms with van der Waals surface area (Å²) in [6, 6.07) is -0.101. The van der Waals surface area contributed by atoms with Crippen molar-refractivity contribution in [3.05, 3.63) is 11.2 Å². The summed E-state index contributed by atoms with van der Waals surface area (Å²) in [5, 5.41) is 16.1. The lowest BCUT2D eigenvalue weighted by atomic mass is 9.63. The number of aliphatic imine (C=N–C) groups is 1. The third kappa shape index (κ3) is 4.72. The summed E-state index contributed by atoms with van der Waals surface area (Å²) in [4.78, 5) is 4.40. The molecule has 0 radical (unpaired) electrons. The van der Waals surface area contributed by atoms with Gasteiger partial charge >= 0.3 is 0 Å². The minimum atomic E-state index is -3.67. The molecule has 0 bridgehead atoms. The highest BCUT2D eigenvalue weighted by Gasteiger charge is 2.46. The summed E-state index contributed by atoms with van der Waals surface area (Å²) in [6.45, 7) is 0.486. The molecule has 0 aromatic carbocycles. The number of nitrogens with two attached hydrogens (primary N) is 2. The Hall–Kier alpha value is -0.710. The van der Waals surface area contributed by atoms with Crippen LogP contribution < -0.4 is 16.2 Å². The van der Waals surface area contributed by atoms with Gasteiger partial charge in [0, 0.05) is 30.5 Å². The van der Waals surface area contributed by atoms with Crippen LogP contribution in [0.15, 0.2) is 16.2 Å². The number of hydrogen-bond donors (Lipinski definition) is 4. The molecule has 1 heterocycles. The molecule has 0 saturated heterocycles. The van der Waals surface area contributed by atoms with Gasteiger partial charge in [-0.3, -0.25) is 10.4 Å². The average molecular weight is 411 g/mol. The molecule has 11 heteroatoms. The fourth-order valence-electron chi connectivity index (χ4n) is 3.33. The largest absolute Gasteiger partial charge is 0.368 e. The van der Waals surface area contributed by atoms with Gasteiger partial charge in [-0.2, -0.15) is 12.7 Å². The second kappa shape index (κ2) is 7.89. The monoisotopic (exact) mass is 410 g/mol. The van der Waals surface area contributed by atoms with Crippen molar-refractivity contribution in [2.75, 3.05) is 13.6 Å². The van der Waals surface area contributed by atoms with Crippen molar-refractivity contribution in [1.29, 1.82) is 5.41 Å². The quantitative estimate of drug-likeness (QED) is 0.441. The van der Waals surface area contributed by atoms with Crippen molar-refractivity contribution in [3.63, 3.8) is 0 Å². The molecule has 6 N–H and O–H groups in total. The fraction of sp³-hybridized carbons (Fsp3) is 0.714. The standard InChI is InChI=1S/C14H24Cl2N6O2S/c1-22(25(19,23)24)9-5-14(6-9,8-17)3-2-4-20-13-11(12(16)18)10(15)7-21-13/h4,7,9,11,13,18,21H,2-3,5-6,8,17H2,1H3,(H2,19,23,24).